The van der Waals surface area contributed by atoms with Gasteiger partial charge in [-0.05, 0) is 0 Å². The number of amides is 1. The molecule has 0 bridgehead atoms. The third-order valence-electron chi connectivity index (χ3n) is 2.71. The van der Waals surface area contributed by atoms with Gasteiger partial charge in [0, 0.05) is 65.4 Å². The molecule has 24 heavy (non-hydrogen) atoms. The minimum atomic E-state index is -0.384. The first-order valence-electron chi connectivity index (χ1n) is 6.55. The summed E-state index contributed by atoms with van der Waals surface area (Å²) in [5, 5.41) is 0. The molecular weight excluding hydrogens is 486 g/mol. The molecule has 1 amide bonds. The molecule has 0 aliphatic carbocycles. The van der Waals surface area contributed by atoms with E-state index in [0.717, 1.165) is 11.1 Å². The molecule has 128 valence electrons. The van der Waals surface area contributed by atoms with Crippen LogP contribution in [0.15, 0.2) is 24.3 Å². The van der Waals surface area contributed by atoms with Crippen molar-refractivity contribution in [3.8, 4) is 0 Å². The molecule has 2 N–H and O–H groups in total. The molecule has 0 saturated heterocycles. The topological polar surface area (TPSA) is 43.1 Å². The number of primary amides is 1. The molecule has 0 heterocycles. The van der Waals surface area contributed by atoms with E-state index in [9.17, 15) is 4.79 Å². The Bertz CT molecular complexity index is 564. The third-order valence-corrected chi connectivity index (χ3v) is 2.71. The van der Waals surface area contributed by atoms with E-state index >= 15 is 0 Å². The summed E-state index contributed by atoms with van der Waals surface area (Å²) in [6.45, 7) is 10.0. The molecule has 2 unspecified atom stereocenters. The normalized spacial score (nSPS) is 8.04. The van der Waals surface area contributed by atoms with Gasteiger partial charge < -0.3 is 5.73 Å². The predicted octanol–water partition coefficient (Wildman–Crippen LogP) is 3.73. The quantitative estimate of drug-likeness (QED) is 0.459. The molecule has 0 spiro atoms. The minimum Gasteiger partial charge on any atom is -0.367 e. The van der Waals surface area contributed by atoms with Crippen LogP contribution in [0.25, 0.3) is 0 Å². The summed E-state index contributed by atoms with van der Waals surface area (Å²) in [5.74, 6) is -0.384. The molecule has 2 rings (SSSR count). The van der Waals surface area contributed by atoms with Crippen molar-refractivity contribution in [2.45, 2.75) is 34.6 Å². The van der Waals surface area contributed by atoms with Gasteiger partial charge in [-0.2, -0.15) is 84.0 Å². The van der Waals surface area contributed by atoms with Gasteiger partial charge in [0.05, 0.1) is 0 Å². The van der Waals surface area contributed by atoms with E-state index < -0.39 is 0 Å². The third kappa shape index (κ3) is 13.2. The zero-order chi connectivity index (χ0) is 15.3. The van der Waals surface area contributed by atoms with Gasteiger partial charge in [0.1, 0.15) is 0 Å². The van der Waals surface area contributed by atoms with Gasteiger partial charge in [-0.25, -0.2) is 0 Å². The van der Waals surface area contributed by atoms with Crippen molar-refractivity contribution in [3.05, 3.63) is 69.8 Å². The standard InChI is InChI=1S/C9H10NO.C9H11.2H3P.2Y/c1-6-3-7(2)5-8(4-6)9(10)11;1-7-4-8(2)6-9(3)5-7;;;;/h4-5H,1-2H3,(H2,10,11);4-5H,1-3H3;2*1H3;;/q2*-1;;;;. The molecule has 0 saturated carbocycles. The molecule has 2 aromatic rings. The number of carbonyl (C=O) groups excluding carboxylic acids is 1. The number of nitrogens with two attached hydrogens (primary N) is 1. The second kappa shape index (κ2) is 16.2. The van der Waals surface area contributed by atoms with Crippen molar-refractivity contribution in [1.82, 2.24) is 0 Å². The van der Waals surface area contributed by atoms with Crippen LogP contribution in [-0.4, -0.2) is 5.91 Å². The van der Waals surface area contributed by atoms with Gasteiger partial charge in [-0.15, -0.1) is 0 Å². The summed E-state index contributed by atoms with van der Waals surface area (Å²) < 4.78 is 0. The van der Waals surface area contributed by atoms with Gasteiger partial charge in [-0.3, -0.25) is 4.79 Å². The average Bonchev–Trinajstić information content (AvgIpc) is 2.26. The fourth-order valence-corrected chi connectivity index (χ4v) is 2.14. The molecule has 0 aliphatic heterocycles. The van der Waals surface area contributed by atoms with Crippen molar-refractivity contribution in [3.63, 3.8) is 0 Å². The van der Waals surface area contributed by atoms with Crippen molar-refractivity contribution in [2.24, 2.45) is 5.73 Å². The van der Waals surface area contributed by atoms with Crippen LogP contribution < -0.4 is 5.73 Å². The summed E-state index contributed by atoms with van der Waals surface area (Å²) in [7, 11) is 0. The molecule has 2 aromatic carbocycles. The molecule has 2 atom stereocenters. The first kappa shape index (κ1) is 32.6. The summed E-state index contributed by atoms with van der Waals surface area (Å²) in [4.78, 5) is 10.7. The number of hydrogen-bond donors (Lipinski definition) is 1. The smallest absolute Gasteiger partial charge is 0.224 e. The average molecular weight is 513 g/mol. The van der Waals surface area contributed by atoms with Crippen molar-refractivity contribution in [2.75, 3.05) is 0 Å². The Balaban J connectivity index is -0.000000145. The molecular formula is C18H27NOP2Y2-2. The first-order valence-corrected chi connectivity index (χ1v) is 6.55. The van der Waals surface area contributed by atoms with Crippen LogP contribution in [-0.2, 0) is 65.4 Å². The molecule has 2 radical (unpaired) electrons. The number of benzene rings is 2. The van der Waals surface area contributed by atoms with Crippen molar-refractivity contribution < 1.29 is 70.2 Å². The van der Waals surface area contributed by atoms with Gasteiger partial charge in [0.2, 0.25) is 5.91 Å². The molecule has 2 nitrogen and oxygen atoms in total. The Morgan fingerprint density at radius 2 is 1.04 bits per heavy atom. The summed E-state index contributed by atoms with van der Waals surface area (Å²) >= 11 is 0. The van der Waals surface area contributed by atoms with E-state index in [1.54, 1.807) is 12.1 Å². The summed E-state index contributed by atoms with van der Waals surface area (Å²) in [5.41, 5.74) is 11.3. The molecule has 0 fully saturated rings. The summed E-state index contributed by atoms with van der Waals surface area (Å²) in [6, 6.07) is 14.0. The zero-order valence-corrected chi connectivity index (χ0v) is 23.9. The van der Waals surface area contributed by atoms with Gasteiger partial charge in [0.25, 0.3) is 0 Å². The van der Waals surface area contributed by atoms with Crippen molar-refractivity contribution in [1.29, 1.82) is 0 Å². The van der Waals surface area contributed by atoms with Gasteiger partial charge in [0.15, 0.2) is 0 Å². The molecule has 0 aliphatic rings. The minimum absolute atomic E-state index is 0. The Morgan fingerprint density at radius 3 is 1.29 bits per heavy atom. The Kier molecular flexibility index (Phi) is 22.0. The fourth-order valence-electron chi connectivity index (χ4n) is 2.14. The van der Waals surface area contributed by atoms with Gasteiger partial charge >= 0.3 is 0 Å². The molecule has 6 heteroatoms. The van der Waals surface area contributed by atoms with E-state index in [1.807, 2.05) is 13.8 Å². The number of carbonyl (C=O) groups is 1. The predicted molar refractivity (Wildman–Crippen MR) is 105 cm³/mol. The Labute approximate surface area is 203 Å². The maximum atomic E-state index is 10.7. The zero-order valence-electron chi connectivity index (χ0n) is 15.4. The van der Waals surface area contributed by atoms with Crippen LogP contribution in [0.3, 0.4) is 0 Å². The van der Waals surface area contributed by atoms with Crippen LogP contribution in [0.5, 0.6) is 0 Å². The first-order chi connectivity index (χ1) is 9.27. The largest absolute Gasteiger partial charge is 0.367 e. The second-order valence-corrected chi connectivity index (χ2v) is 5.12. The van der Waals surface area contributed by atoms with Gasteiger partial charge in [-0.1, -0.05) is 40.2 Å². The van der Waals surface area contributed by atoms with Crippen LogP contribution in [0.1, 0.15) is 38.2 Å². The van der Waals surface area contributed by atoms with Crippen LogP contribution in [0.4, 0.5) is 0 Å². The summed E-state index contributed by atoms with van der Waals surface area (Å²) in [6.07, 6.45) is 0. The van der Waals surface area contributed by atoms with E-state index in [-0.39, 0.29) is 91.1 Å². The second-order valence-electron chi connectivity index (χ2n) is 5.12. The van der Waals surface area contributed by atoms with E-state index in [2.05, 4.69) is 45.0 Å². The van der Waals surface area contributed by atoms with Crippen LogP contribution in [0.2, 0.25) is 0 Å². The number of hydrogen-bond acceptors (Lipinski definition) is 1. The molecule has 0 aromatic heterocycles. The van der Waals surface area contributed by atoms with E-state index in [1.165, 1.54) is 16.7 Å². The number of rotatable bonds is 1. The maximum Gasteiger partial charge on any atom is 0.224 e. The number of aryl methyl sites for hydroxylation is 5. The van der Waals surface area contributed by atoms with Crippen molar-refractivity contribution >= 4 is 25.7 Å². The Hall–Kier alpha value is 0.978. The Morgan fingerprint density at radius 1 is 0.750 bits per heavy atom. The maximum absolute atomic E-state index is 10.7. The van der Waals surface area contributed by atoms with E-state index in [0.29, 0.717) is 5.56 Å². The van der Waals surface area contributed by atoms with Crippen LogP contribution >= 0.6 is 19.8 Å². The van der Waals surface area contributed by atoms with Crippen LogP contribution in [0, 0.1) is 46.8 Å². The fraction of sp³-hybridized carbons (Fsp3) is 0.278. The SMILES string of the molecule is Cc1[c-]c(C)cc(C(N)=O)c1.Cc1[c-]c(C)cc(C)c1.P.P.[Y].[Y]. The van der Waals surface area contributed by atoms with E-state index in [4.69, 9.17) is 5.73 Å². The monoisotopic (exact) mass is 513 g/mol.